The summed E-state index contributed by atoms with van der Waals surface area (Å²) in [5.41, 5.74) is 1.45. The maximum atomic E-state index is 13.1. The fourth-order valence-electron chi connectivity index (χ4n) is 3.23. The van der Waals surface area contributed by atoms with Crippen LogP contribution < -0.4 is 19.7 Å². The van der Waals surface area contributed by atoms with E-state index in [9.17, 15) is 14.0 Å². The minimum atomic E-state index is -0.441. The summed E-state index contributed by atoms with van der Waals surface area (Å²) in [5, 5.41) is 11.4. The Labute approximate surface area is 210 Å². The smallest absolute Gasteiger partial charge is 0.271 e. The third-order valence-corrected chi connectivity index (χ3v) is 6.02. The average molecular weight is 512 g/mol. The van der Waals surface area contributed by atoms with Gasteiger partial charge in [-0.2, -0.15) is 0 Å². The van der Waals surface area contributed by atoms with Gasteiger partial charge in [-0.05, 0) is 84.6 Å². The van der Waals surface area contributed by atoms with Gasteiger partial charge >= 0.3 is 0 Å². The number of hydrogen-bond acceptors (Lipinski definition) is 6. The summed E-state index contributed by atoms with van der Waals surface area (Å²) < 4.78 is 23.9. The van der Waals surface area contributed by atoms with Crippen LogP contribution in [0, 0.1) is 11.2 Å². The largest absolute Gasteiger partial charge is 0.497 e. The van der Waals surface area contributed by atoms with Gasteiger partial charge in [-0.1, -0.05) is 11.6 Å². The quantitative estimate of drug-likeness (QED) is 0.405. The number of methoxy groups -OCH3 is 1. The Bertz CT molecular complexity index is 1310. The van der Waals surface area contributed by atoms with Crippen LogP contribution in [0.3, 0.4) is 0 Å². The van der Waals surface area contributed by atoms with E-state index in [2.05, 4.69) is 5.32 Å². The number of carbonyl (C=O) groups is 2. The van der Waals surface area contributed by atoms with Crippen molar-refractivity contribution in [3.05, 3.63) is 88.0 Å². The molecule has 1 saturated heterocycles. The standard InChI is InChI=1S/C25H19ClFN3O4S/c1-33-20-9-7-19(8-10-20)30-24(32)22(35-25(30)28)13-15-12-16(26)2-11-21(15)34-14-23(31)29-18-5-3-17(27)4-6-18/h2-13,28H,14H2,1H3,(H,29,31)/b22-13-,28-25?. The Kier molecular flexibility index (Phi) is 7.38. The first-order chi connectivity index (χ1) is 16.8. The zero-order chi connectivity index (χ0) is 24.9. The first-order valence-corrected chi connectivity index (χ1v) is 11.5. The molecule has 2 N–H and O–H groups in total. The lowest BCUT2D eigenvalue weighted by molar-refractivity contribution is -0.118. The molecule has 1 aliphatic heterocycles. The van der Waals surface area contributed by atoms with Crippen LogP contribution in [0.25, 0.3) is 6.08 Å². The minimum Gasteiger partial charge on any atom is -0.497 e. The summed E-state index contributed by atoms with van der Waals surface area (Å²) in [4.78, 5) is 26.9. The molecule has 3 aromatic carbocycles. The van der Waals surface area contributed by atoms with Crippen molar-refractivity contribution >= 4 is 57.8 Å². The van der Waals surface area contributed by atoms with Crippen molar-refractivity contribution in [3.8, 4) is 11.5 Å². The van der Waals surface area contributed by atoms with Crippen LogP contribution in [0.2, 0.25) is 5.02 Å². The van der Waals surface area contributed by atoms with Gasteiger partial charge in [0.1, 0.15) is 17.3 Å². The van der Waals surface area contributed by atoms with E-state index >= 15 is 0 Å². The van der Waals surface area contributed by atoms with Crippen molar-refractivity contribution in [3.63, 3.8) is 0 Å². The normalized spacial score (nSPS) is 14.4. The molecule has 1 heterocycles. The fourth-order valence-corrected chi connectivity index (χ4v) is 4.26. The lowest BCUT2D eigenvalue weighted by Crippen LogP contribution is -2.28. The molecule has 35 heavy (non-hydrogen) atoms. The molecule has 0 aliphatic carbocycles. The third kappa shape index (κ3) is 5.82. The van der Waals surface area contributed by atoms with Crippen LogP contribution in [0.4, 0.5) is 15.8 Å². The van der Waals surface area contributed by atoms with Crippen molar-refractivity contribution in [2.45, 2.75) is 0 Å². The average Bonchev–Trinajstić information content (AvgIpc) is 3.12. The Balaban J connectivity index is 1.50. The molecule has 3 aromatic rings. The lowest BCUT2D eigenvalue weighted by atomic mass is 10.1. The van der Waals surface area contributed by atoms with Gasteiger partial charge in [-0.3, -0.25) is 19.9 Å². The Morgan fingerprint density at radius 3 is 2.54 bits per heavy atom. The lowest BCUT2D eigenvalue weighted by Gasteiger charge is -2.14. The van der Waals surface area contributed by atoms with Crippen LogP contribution in [0.1, 0.15) is 5.56 Å². The van der Waals surface area contributed by atoms with E-state index in [4.69, 9.17) is 26.5 Å². The molecule has 178 valence electrons. The number of amides is 2. The molecular weight excluding hydrogens is 493 g/mol. The van der Waals surface area contributed by atoms with E-state index in [1.807, 2.05) is 0 Å². The predicted octanol–water partition coefficient (Wildman–Crippen LogP) is 5.56. The SMILES string of the molecule is COc1ccc(N2C(=N)S/C(=C\c3cc(Cl)ccc3OCC(=O)Nc3ccc(F)cc3)C2=O)cc1. The van der Waals surface area contributed by atoms with Gasteiger partial charge in [-0.25, -0.2) is 4.39 Å². The Morgan fingerprint density at radius 2 is 1.86 bits per heavy atom. The van der Waals surface area contributed by atoms with E-state index in [0.29, 0.717) is 38.4 Å². The number of nitrogens with one attached hydrogen (secondary N) is 2. The monoisotopic (exact) mass is 511 g/mol. The molecular formula is C25H19ClFN3O4S. The second-order valence-corrected chi connectivity index (χ2v) is 8.75. The van der Waals surface area contributed by atoms with Crippen molar-refractivity contribution in [2.24, 2.45) is 0 Å². The predicted molar refractivity (Wildman–Crippen MR) is 136 cm³/mol. The van der Waals surface area contributed by atoms with Crippen LogP contribution in [-0.2, 0) is 9.59 Å². The van der Waals surface area contributed by atoms with E-state index in [1.165, 1.54) is 29.2 Å². The minimum absolute atomic E-state index is 0.0505. The number of rotatable bonds is 7. The van der Waals surface area contributed by atoms with Gasteiger partial charge < -0.3 is 14.8 Å². The third-order valence-electron chi connectivity index (χ3n) is 4.90. The summed E-state index contributed by atoms with van der Waals surface area (Å²) in [5.74, 6) is -0.247. The highest BCUT2D eigenvalue weighted by molar-refractivity contribution is 8.19. The number of thioether (sulfide) groups is 1. The number of carbonyl (C=O) groups excluding carboxylic acids is 2. The summed E-state index contributed by atoms with van der Waals surface area (Å²) in [6.07, 6.45) is 1.57. The molecule has 10 heteroatoms. The molecule has 1 fully saturated rings. The number of amidine groups is 1. The second-order valence-electron chi connectivity index (χ2n) is 7.28. The van der Waals surface area contributed by atoms with Crippen molar-refractivity contribution < 1.29 is 23.5 Å². The molecule has 0 unspecified atom stereocenters. The maximum absolute atomic E-state index is 13.1. The van der Waals surface area contributed by atoms with Crippen molar-refractivity contribution in [2.75, 3.05) is 23.9 Å². The van der Waals surface area contributed by atoms with Gasteiger partial charge in [0.25, 0.3) is 11.8 Å². The van der Waals surface area contributed by atoms with Crippen molar-refractivity contribution in [1.82, 2.24) is 0 Å². The molecule has 0 saturated carbocycles. The molecule has 1 aliphatic rings. The topological polar surface area (TPSA) is 91.7 Å². The van der Waals surface area contributed by atoms with E-state index in [1.54, 1.807) is 55.7 Å². The fraction of sp³-hybridized carbons (Fsp3) is 0.0800. The van der Waals surface area contributed by atoms with Gasteiger partial charge in [0.15, 0.2) is 11.8 Å². The summed E-state index contributed by atoms with van der Waals surface area (Å²) in [7, 11) is 1.55. The van der Waals surface area contributed by atoms with Crippen molar-refractivity contribution in [1.29, 1.82) is 5.41 Å². The molecule has 2 amide bonds. The molecule has 0 spiro atoms. The number of halogens is 2. The van der Waals surface area contributed by atoms with E-state index in [-0.39, 0.29) is 17.7 Å². The molecule has 4 rings (SSSR count). The highest BCUT2D eigenvalue weighted by Gasteiger charge is 2.33. The van der Waals surface area contributed by atoms with Gasteiger partial charge in [0.05, 0.1) is 17.7 Å². The number of anilines is 2. The second kappa shape index (κ2) is 10.6. The van der Waals surface area contributed by atoms with Crippen LogP contribution in [-0.4, -0.2) is 30.7 Å². The van der Waals surface area contributed by atoms with E-state index in [0.717, 1.165) is 11.8 Å². The number of ether oxygens (including phenoxy) is 2. The van der Waals surface area contributed by atoms with Crippen LogP contribution >= 0.6 is 23.4 Å². The zero-order valence-electron chi connectivity index (χ0n) is 18.4. The van der Waals surface area contributed by atoms with E-state index < -0.39 is 11.7 Å². The zero-order valence-corrected chi connectivity index (χ0v) is 20.0. The summed E-state index contributed by atoms with van der Waals surface area (Å²) in [6.45, 7) is -0.315. The molecule has 0 aromatic heterocycles. The number of benzene rings is 3. The Morgan fingerprint density at radius 1 is 1.14 bits per heavy atom. The molecule has 7 nitrogen and oxygen atoms in total. The highest BCUT2D eigenvalue weighted by atomic mass is 35.5. The number of nitrogens with zero attached hydrogens (tertiary/aromatic N) is 1. The highest BCUT2D eigenvalue weighted by Crippen LogP contribution is 2.37. The van der Waals surface area contributed by atoms with Crippen LogP contribution in [0.15, 0.2) is 71.6 Å². The maximum Gasteiger partial charge on any atom is 0.271 e. The number of hydrogen-bond donors (Lipinski definition) is 2. The molecule has 0 radical (unpaired) electrons. The van der Waals surface area contributed by atoms with Gasteiger partial charge in [-0.15, -0.1) is 0 Å². The van der Waals surface area contributed by atoms with Crippen LogP contribution in [0.5, 0.6) is 11.5 Å². The summed E-state index contributed by atoms with van der Waals surface area (Å²) >= 11 is 7.16. The summed E-state index contributed by atoms with van der Waals surface area (Å²) in [6, 6.07) is 17.0. The molecule has 0 bridgehead atoms. The first-order valence-electron chi connectivity index (χ1n) is 10.3. The van der Waals surface area contributed by atoms with Gasteiger partial charge in [0, 0.05) is 16.3 Å². The first kappa shape index (κ1) is 24.3. The Hall–Kier alpha value is -3.82. The molecule has 0 atom stereocenters. The van der Waals surface area contributed by atoms with Gasteiger partial charge in [0.2, 0.25) is 0 Å².